The van der Waals surface area contributed by atoms with Crippen LogP contribution in [0.2, 0.25) is 0 Å². The maximum atomic E-state index is 10.2. The van der Waals surface area contributed by atoms with Crippen molar-refractivity contribution in [3.63, 3.8) is 0 Å². The van der Waals surface area contributed by atoms with Crippen LogP contribution in [0.4, 0.5) is 0 Å². The third-order valence-corrected chi connectivity index (χ3v) is 4.48. The number of aliphatic hydroxyl groups is 1. The molecule has 0 bridgehead atoms. The fourth-order valence-corrected chi connectivity index (χ4v) is 3.61. The largest absolute Gasteiger partial charge is 0.491 e. The van der Waals surface area contributed by atoms with Crippen molar-refractivity contribution in [1.82, 2.24) is 4.90 Å². The van der Waals surface area contributed by atoms with E-state index >= 15 is 0 Å². The van der Waals surface area contributed by atoms with Crippen LogP contribution in [-0.2, 0) is 17.6 Å². The van der Waals surface area contributed by atoms with Crippen molar-refractivity contribution in [3.05, 3.63) is 29.3 Å². The van der Waals surface area contributed by atoms with Crippen LogP contribution >= 0.6 is 0 Å². The van der Waals surface area contributed by atoms with Crippen molar-refractivity contribution in [3.8, 4) is 5.75 Å². The van der Waals surface area contributed by atoms with Crippen LogP contribution in [0.1, 0.15) is 31.4 Å². The summed E-state index contributed by atoms with van der Waals surface area (Å²) in [5.74, 6) is 0.878. The number of hydrogen-bond donors (Lipinski definition) is 1. The first-order valence-corrected chi connectivity index (χ1v) is 8.40. The van der Waals surface area contributed by atoms with E-state index in [1.807, 2.05) is 6.07 Å². The molecule has 0 radical (unpaired) electrons. The van der Waals surface area contributed by atoms with Gasteiger partial charge < -0.3 is 14.6 Å². The summed E-state index contributed by atoms with van der Waals surface area (Å²) in [6, 6.07) is 6.32. The van der Waals surface area contributed by atoms with Gasteiger partial charge in [-0.2, -0.15) is 0 Å². The molecule has 2 aliphatic rings. The highest BCUT2D eigenvalue weighted by atomic mass is 16.5. The van der Waals surface area contributed by atoms with E-state index < -0.39 is 6.10 Å². The molecule has 0 saturated carbocycles. The van der Waals surface area contributed by atoms with Crippen LogP contribution in [0.25, 0.3) is 0 Å². The van der Waals surface area contributed by atoms with E-state index in [9.17, 15) is 5.11 Å². The lowest BCUT2D eigenvalue weighted by Crippen LogP contribution is -2.48. The van der Waals surface area contributed by atoms with E-state index in [1.165, 1.54) is 24.0 Å². The zero-order valence-electron chi connectivity index (χ0n) is 13.6. The number of hydrogen-bond acceptors (Lipinski definition) is 4. The number of β-amino-alcohol motifs (C(OH)–C–C–N with tert-alkyl or cyclic N) is 1. The normalized spacial score (nSPS) is 26.7. The molecule has 0 amide bonds. The predicted octanol–water partition coefficient (Wildman–Crippen LogP) is 2.02. The van der Waals surface area contributed by atoms with Crippen molar-refractivity contribution in [2.45, 2.75) is 51.4 Å². The molecule has 22 heavy (non-hydrogen) atoms. The summed E-state index contributed by atoms with van der Waals surface area (Å²) in [6.07, 6.45) is 3.58. The fourth-order valence-electron chi connectivity index (χ4n) is 3.61. The Labute approximate surface area is 133 Å². The first-order valence-electron chi connectivity index (χ1n) is 8.40. The van der Waals surface area contributed by atoms with Crippen molar-refractivity contribution in [1.29, 1.82) is 0 Å². The highest BCUT2D eigenvalue weighted by Gasteiger charge is 2.24. The molecule has 1 N–H and O–H groups in total. The number of aliphatic hydroxyl groups excluding tert-OH is 1. The van der Waals surface area contributed by atoms with Crippen LogP contribution in [0.3, 0.4) is 0 Å². The summed E-state index contributed by atoms with van der Waals surface area (Å²) in [6.45, 7) is 6.90. The maximum Gasteiger partial charge on any atom is 0.119 e. The van der Waals surface area contributed by atoms with Gasteiger partial charge in [-0.25, -0.2) is 0 Å². The topological polar surface area (TPSA) is 41.9 Å². The zero-order valence-corrected chi connectivity index (χ0v) is 13.6. The van der Waals surface area contributed by atoms with Gasteiger partial charge in [0, 0.05) is 19.6 Å². The second-order valence-electron chi connectivity index (χ2n) is 6.72. The van der Waals surface area contributed by atoms with Gasteiger partial charge in [-0.15, -0.1) is 0 Å². The number of fused-ring (bicyclic) bond motifs is 1. The van der Waals surface area contributed by atoms with Gasteiger partial charge in [-0.05, 0) is 56.4 Å². The van der Waals surface area contributed by atoms with E-state index in [-0.39, 0.29) is 12.2 Å². The highest BCUT2D eigenvalue weighted by Crippen LogP contribution is 2.26. The lowest BCUT2D eigenvalue weighted by molar-refractivity contribution is -0.0786. The smallest absolute Gasteiger partial charge is 0.119 e. The summed E-state index contributed by atoms with van der Waals surface area (Å²) in [5, 5.41) is 10.2. The molecule has 3 unspecified atom stereocenters. The number of rotatable bonds is 5. The van der Waals surface area contributed by atoms with Gasteiger partial charge in [0.05, 0.1) is 12.2 Å². The second-order valence-corrected chi connectivity index (χ2v) is 6.72. The molecule has 1 aliphatic carbocycles. The van der Waals surface area contributed by atoms with E-state index in [0.717, 1.165) is 25.3 Å². The van der Waals surface area contributed by atoms with Crippen LogP contribution in [-0.4, -0.2) is 54.6 Å². The number of aryl methyl sites for hydroxylation is 2. The summed E-state index contributed by atoms with van der Waals surface area (Å²) in [5.41, 5.74) is 2.85. The Bertz CT molecular complexity index is 495. The molecule has 1 aromatic rings. The van der Waals surface area contributed by atoms with Gasteiger partial charge in [-0.3, -0.25) is 4.90 Å². The molecule has 0 aromatic heterocycles. The van der Waals surface area contributed by atoms with E-state index in [2.05, 4.69) is 30.9 Å². The van der Waals surface area contributed by atoms with E-state index in [4.69, 9.17) is 9.47 Å². The predicted molar refractivity (Wildman–Crippen MR) is 86.4 cm³/mol. The molecule has 1 saturated heterocycles. The van der Waals surface area contributed by atoms with Gasteiger partial charge in [0.15, 0.2) is 0 Å². The minimum atomic E-state index is -0.467. The molecule has 1 aliphatic heterocycles. The molecule has 1 aromatic carbocycles. The minimum Gasteiger partial charge on any atom is -0.491 e. The molecule has 3 rings (SSSR count). The van der Waals surface area contributed by atoms with E-state index in [1.54, 1.807) is 0 Å². The Kier molecular flexibility index (Phi) is 5.01. The maximum absolute atomic E-state index is 10.2. The van der Waals surface area contributed by atoms with Crippen LogP contribution in [0, 0.1) is 0 Å². The third kappa shape index (κ3) is 4.00. The average Bonchev–Trinajstić information content (AvgIpc) is 2.91. The van der Waals surface area contributed by atoms with Crippen molar-refractivity contribution in [2.24, 2.45) is 0 Å². The second kappa shape index (κ2) is 6.99. The van der Waals surface area contributed by atoms with Crippen LogP contribution in [0.5, 0.6) is 5.75 Å². The van der Waals surface area contributed by atoms with Gasteiger partial charge in [0.25, 0.3) is 0 Å². The first-order chi connectivity index (χ1) is 10.6. The quantitative estimate of drug-likeness (QED) is 0.904. The van der Waals surface area contributed by atoms with Gasteiger partial charge in [0.2, 0.25) is 0 Å². The summed E-state index contributed by atoms with van der Waals surface area (Å²) >= 11 is 0. The van der Waals surface area contributed by atoms with Crippen molar-refractivity contribution < 1.29 is 14.6 Å². The van der Waals surface area contributed by atoms with Gasteiger partial charge in [-0.1, -0.05) is 6.07 Å². The average molecular weight is 305 g/mol. The lowest BCUT2D eigenvalue weighted by atomic mass is 10.1. The van der Waals surface area contributed by atoms with Crippen LogP contribution < -0.4 is 4.74 Å². The molecular weight excluding hydrogens is 278 g/mol. The number of ether oxygens (including phenoxy) is 2. The molecular formula is C18H27NO3. The number of nitrogens with zero attached hydrogens (tertiary/aromatic N) is 1. The van der Waals surface area contributed by atoms with Crippen molar-refractivity contribution >= 4 is 0 Å². The first kappa shape index (κ1) is 15.8. The third-order valence-electron chi connectivity index (χ3n) is 4.48. The molecule has 3 atom stereocenters. The number of morpholine rings is 1. The van der Waals surface area contributed by atoms with Crippen molar-refractivity contribution in [2.75, 3.05) is 26.2 Å². The Morgan fingerprint density at radius 3 is 2.73 bits per heavy atom. The van der Waals surface area contributed by atoms with Crippen LogP contribution in [0.15, 0.2) is 18.2 Å². The Balaban J connectivity index is 1.47. The lowest BCUT2D eigenvalue weighted by Gasteiger charge is -2.36. The molecule has 4 nitrogen and oxygen atoms in total. The Morgan fingerprint density at radius 2 is 1.95 bits per heavy atom. The molecule has 4 heteroatoms. The number of benzene rings is 1. The summed E-state index contributed by atoms with van der Waals surface area (Å²) in [4.78, 5) is 2.26. The minimum absolute atomic E-state index is 0.230. The fraction of sp³-hybridized carbons (Fsp3) is 0.667. The van der Waals surface area contributed by atoms with E-state index in [0.29, 0.717) is 13.2 Å². The zero-order chi connectivity index (χ0) is 15.5. The summed E-state index contributed by atoms with van der Waals surface area (Å²) < 4.78 is 11.5. The van der Waals surface area contributed by atoms with Gasteiger partial charge in [0.1, 0.15) is 18.5 Å². The monoisotopic (exact) mass is 305 g/mol. The molecule has 1 fully saturated rings. The molecule has 1 heterocycles. The van der Waals surface area contributed by atoms with Gasteiger partial charge >= 0.3 is 0 Å². The standard InChI is InChI=1S/C18H27NO3/c1-13-9-19(10-14(2)22-13)11-17(20)12-21-18-7-6-15-4-3-5-16(15)8-18/h6-8,13-14,17,20H,3-5,9-12H2,1-2H3. The molecule has 0 spiro atoms. The summed E-state index contributed by atoms with van der Waals surface area (Å²) in [7, 11) is 0. The Morgan fingerprint density at radius 1 is 1.23 bits per heavy atom. The highest BCUT2D eigenvalue weighted by molar-refractivity contribution is 5.38. The molecule has 122 valence electrons. The Hall–Kier alpha value is -1.10. The SMILES string of the molecule is CC1CN(CC(O)COc2ccc3c(c2)CCC3)CC(C)O1.